The van der Waals surface area contributed by atoms with Gasteiger partial charge in [0.15, 0.2) is 0 Å². The zero-order valence-electron chi connectivity index (χ0n) is 7.49. The molecule has 1 aromatic heterocycles. The van der Waals surface area contributed by atoms with Crippen LogP contribution in [0.4, 0.5) is 5.95 Å². The van der Waals surface area contributed by atoms with E-state index in [1.165, 1.54) is 19.3 Å². The van der Waals surface area contributed by atoms with Crippen LogP contribution >= 0.6 is 0 Å². The fourth-order valence-electron chi connectivity index (χ4n) is 1.66. The van der Waals surface area contributed by atoms with Gasteiger partial charge in [-0.1, -0.05) is 6.42 Å². The summed E-state index contributed by atoms with van der Waals surface area (Å²) in [6.45, 7) is 1.09. The van der Waals surface area contributed by atoms with Gasteiger partial charge in [-0.05, 0) is 24.5 Å². The van der Waals surface area contributed by atoms with Crippen molar-refractivity contribution < 1.29 is 4.52 Å². The van der Waals surface area contributed by atoms with Crippen LogP contribution in [0.2, 0.25) is 0 Å². The third kappa shape index (κ3) is 2.18. The molecule has 1 unspecified atom stereocenters. The molecule has 1 aliphatic heterocycles. The van der Waals surface area contributed by atoms with Crippen LogP contribution in [0, 0.1) is 0 Å². The predicted molar refractivity (Wildman–Crippen MR) is 48.1 cm³/mol. The quantitative estimate of drug-likeness (QED) is 0.689. The lowest BCUT2D eigenvalue weighted by Crippen LogP contribution is -2.35. The van der Waals surface area contributed by atoms with E-state index in [1.54, 1.807) is 0 Å². The lowest BCUT2D eigenvalue weighted by molar-refractivity contribution is 0.332. The smallest absolute Gasteiger partial charge is 0.260 e. The van der Waals surface area contributed by atoms with E-state index in [9.17, 15) is 0 Å². The van der Waals surface area contributed by atoms with Gasteiger partial charge in [0.2, 0.25) is 5.89 Å². The Morgan fingerprint density at radius 1 is 1.54 bits per heavy atom. The molecule has 3 N–H and O–H groups in total. The highest BCUT2D eigenvalue weighted by atomic mass is 16.5. The van der Waals surface area contributed by atoms with E-state index in [-0.39, 0.29) is 5.95 Å². The molecule has 2 heterocycles. The van der Waals surface area contributed by atoms with Gasteiger partial charge in [-0.2, -0.15) is 4.98 Å². The van der Waals surface area contributed by atoms with Crippen molar-refractivity contribution in [1.82, 2.24) is 15.5 Å². The highest BCUT2D eigenvalue weighted by Crippen LogP contribution is 2.11. The molecule has 1 atom stereocenters. The minimum Gasteiger partial charge on any atom is -0.365 e. The molecule has 0 spiro atoms. The molecule has 1 fully saturated rings. The second-order valence-electron chi connectivity index (χ2n) is 3.40. The molecule has 0 aliphatic carbocycles. The SMILES string of the molecule is Nc1noc(CC2CCCCN2)n1. The molecule has 0 aromatic carbocycles. The van der Waals surface area contributed by atoms with E-state index < -0.39 is 0 Å². The maximum absolute atomic E-state index is 5.35. The van der Waals surface area contributed by atoms with E-state index in [1.807, 2.05) is 0 Å². The second-order valence-corrected chi connectivity index (χ2v) is 3.40. The predicted octanol–water partition coefficient (Wildman–Crippen LogP) is 0.336. The Bertz CT molecular complexity index is 267. The summed E-state index contributed by atoms with van der Waals surface area (Å²) < 4.78 is 4.94. The van der Waals surface area contributed by atoms with Crippen molar-refractivity contribution in [3.8, 4) is 0 Å². The molecular formula is C8H14N4O. The largest absolute Gasteiger partial charge is 0.365 e. The van der Waals surface area contributed by atoms with Crippen LogP contribution < -0.4 is 11.1 Å². The van der Waals surface area contributed by atoms with E-state index in [4.69, 9.17) is 10.3 Å². The van der Waals surface area contributed by atoms with Crippen molar-refractivity contribution in [3.05, 3.63) is 5.89 Å². The molecule has 1 saturated heterocycles. The molecular weight excluding hydrogens is 168 g/mol. The van der Waals surface area contributed by atoms with Gasteiger partial charge in [-0.25, -0.2) is 0 Å². The zero-order chi connectivity index (χ0) is 9.10. The number of anilines is 1. The van der Waals surface area contributed by atoms with Crippen LogP contribution in [0.1, 0.15) is 25.2 Å². The van der Waals surface area contributed by atoms with Crippen molar-refractivity contribution in [2.75, 3.05) is 12.3 Å². The van der Waals surface area contributed by atoms with Crippen molar-refractivity contribution in [2.24, 2.45) is 0 Å². The molecule has 1 aromatic rings. The number of nitrogen functional groups attached to an aromatic ring is 1. The number of hydrogen-bond donors (Lipinski definition) is 2. The first-order chi connectivity index (χ1) is 6.34. The lowest BCUT2D eigenvalue weighted by atomic mass is 10.0. The van der Waals surface area contributed by atoms with Crippen LogP contribution in [0.3, 0.4) is 0 Å². The van der Waals surface area contributed by atoms with Crippen molar-refractivity contribution >= 4 is 5.95 Å². The summed E-state index contributed by atoms with van der Waals surface area (Å²) in [5.74, 6) is 0.864. The second kappa shape index (κ2) is 3.74. The highest BCUT2D eigenvalue weighted by Gasteiger charge is 2.15. The summed E-state index contributed by atoms with van der Waals surface area (Å²) in [7, 11) is 0. The number of hydrogen-bond acceptors (Lipinski definition) is 5. The van der Waals surface area contributed by atoms with Gasteiger partial charge in [0.25, 0.3) is 5.95 Å². The lowest BCUT2D eigenvalue weighted by Gasteiger charge is -2.21. The Balaban J connectivity index is 1.89. The zero-order valence-corrected chi connectivity index (χ0v) is 7.49. The standard InChI is InChI=1S/C8H14N4O/c9-8-11-7(13-12-8)5-6-3-1-2-4-10-6/h6,10H,1-5H2,(H2,9,12). The van der Waals surface area contributed by atoms with Crippen molar-refractivity contribution in [1.29, 1.82) is 0 Å². The number of nitrogens with two attached hydrogens (primary N) is 1. The van der Waals surface area contributed by atoms with Gasteiger partial charge in [0, 0.05) is 12.5 Å². The Morgan fingerprint density at radius 2 is 2.46 bits per heavy atom. The first-order valence-corrected chi connectivity index (χ1v) is 4.66. The fraction of sp³-hybridized carbons (Fsp3) is 0.750. The average molecular weight is 182 g/mol. The van der Waals surface area contributed by atoms with Crippen molar-refractivity contribution in [2.45, 2.75) is 31.7 Å². The maximum atomic E-state index is 5.35. The van der Waals surface area contributed by atoms with Crippen LogP contribution in [-0.4, -0.2) is 22.7 Å². The summed E-state index contributed by atoms with van der Waals surface area (Å²) >= 11 is 0. The minimum atomic E-state index is 0.228. The van der Waals surface area contributed by atoms with Gasteiger partial charge in [-0.3, -0.25) is 0 Å². The van der Waals surface area contributed by atoms with Gasteiger partial charge < -0.3 is 15.6 Å². The monoisotopic (exact) mass is 182 g/mol. The molecule has 13 heavy (non-hydrogen) atoms. The van der Waals surface area contributed by atoms with Gasteiger partial charge in [0.05, 0.1) is 0 Å². The number of piperidine rings is 1. The molecule has 1 aliphatic rings. The van der Waals surface area contributed by atoms with Crippen molar-refractivity contribution in [3.63, 3.8) is 0 Å². The molecule has 0 radical (unpaired) electrons. The number of aromatic nitrogens is 2. The molecule has 2 rings (SSSR count). The Kier molecular flexibility index (Phi) is 2.44. The molecule has 5 heteroatoms. The van der Waals surface area contributed by atoms with Crippen LogP contribution in [0.15, 0.2) is 4.52 Å². The number of nitrogens with one attached hydrogen (secondary N) is 1. The first kappa shape index (κ1) is 8.50. The Morgan fingerprint density at radius 3 is 3.08 bits per heavy atom. The topological polar surface area (TPSA) is 77.0 Å². The van der Waals surface area contributed by atoms with Crippen LogP contribution in [0.25, 0.3) is 0 Å². The first-order valence-electron chi connectivity index (χ1n) is 4.66. The van der Waals surface area contributed by atoms with E-state index in [2.05, 4.69) is 15.5 Å². The van der Waals surface area contributed by atoms with Gasteiger partial charge in [0.1, 0.15) is 0 Å². The van der Waals surface area contributed by atoms with Gasteiger partial charge in [-0.15, -0.1) is 0 Å². The fourth-order valence-corrected chi connectivity index (χ4v) is 1.66. The van der Waals surface area contributed by atoms with E-state index >= 15 is 0 Å². The van der Waals surface area contributed by atoms with E-state index in [0.29, 0.717) is 11.9 Å². The summed E-state index contributed by atoms with van der Waals surface area (Å²) in [4.78, 5) is 3.96. The van der Waals surface area contributed by atoms with Gasteiger partial charge >= 0.3 is 0 Å². The minimum absolute atomic E-state index is 0.228. The normalized spacial score (nSPS) is 23.2. The van der Waals surface area contributed by atoms with E-state index in [0.717, 1.165) is 13.0 Å². The average Bonchev–Trinajstić information content (AvgIpc) is 2.53. The Labute approximate surface area is 76.7 Å². The summed E-state index contributed by atoms with van der Waals surface area (Å²) in [6, 6.07) is 0.480. The molecule has 5 nitrogen and oxygen atoms in total. The summed E-state index contributed by atoms with van der Waals surface area (Å²) in [6.07, 6.45) is 4.52. The molecule has 72 valence electrons. The number of rotatable bonds is 2. The highest BCUT2D eigenvalue weighted by molar-refractivity contribution is 5.10. The van der Waals surface area contributed by atoms with Crippen LogP contribution in [-0.2, 0) is 6.42 Å². The molecule has 0 amide bonds. The number of nitrogens with zero attached hydrogens (tertiary/aromatic N) is 2. The molecule has 0 saturated carbocycles. The van der Waals surface area contributed by atoms with Crippen LogP contribution in [0.5, 0.6) is 0 Å². The maximum Gasteiger partial charge on any atom is 0.260 e. The Hall–Kier alpha value is -1.10. The summed E-state index contributed by atoms with van der Waals surface area (Å²) in [5, 5.41) is 6.95. The third-order valence-electron chi connectivity index (χ3n) is 2.32. The summed E-state index contributed by atoms with van der Waals surface area (Å²) in [5.41, 5.74) is 5.35. The third-order valence-corrected chi connectivity index (χ3v) is 2.32. The molecule has 0 bridgehead atoms.